The van der Waals surface area contributed by atoms with Gasteiger partial charge in [-0.25, -0.2) is 14.3 Å². The Kier molecular flexibility index (Phi) is 5.44. The molecule has 7 heteroatoms. The van der Waals surface area contributed by atoms with Gasteiger partial charge in [-0.2, -0.15) is 5.10 Å². The molecular formula is C21H24N4O3. The maximum atomic E-state index is 12.5. The lowest BCUT2D eigenvalue weighted by molar-refractivity contribution is -0.116. The lowest BCUT2D eigenvalue weighted by Crippen LogP contribution is -2.16. The summed E-state index contributed by atoms with van der Waals surface area (Å²) in [5.74, 6) is -0.547. The molecule has 1 aromatic carbocycles. The van der Waals surface area contributed by atoms with E-state index in [2.05, 4.69) is 15.4 Å². The van der Waals surface area contributed by atoms with E-state index in [0.717, 1.165) is 28.3 Å². The number of esters is 1. The summed E-state index contributed by atoms with van der Waals surface area (Å²) >= 11 is 0. The summed E-state index contributed by atoms with van der Waals surface area (Å²) in [6.07, 6.45) is 0.859. The average molecular weight is 380 g/mol. The first-order valence-corrected chi connectivity index (χ1v) is 9.12. The van der Waals surface area contributed by atoms with Crippen molar-refractivity contribution in [2.45, 2.75) is 40.5 Å². The zero-order valence-corrected chi connectivity index (χ0v) is 16.8. The van der Waals surface area contributed by atoms with Gasteiger partial charge in [-0.15, -0.1) is 0 Å². The fourth-order valence-electron chi connectivity index (χ4n) is 3.36. The zero-order valence-electron chi connectivity index (χ0n) is 16.8. The highest BCUT2D eigenvalue weighted by molar-refractivity contribution is 5.96. The van der Waals surface area contributed by atoms with Crippen molar-refractivity contribution in [2.75, 3.05) is 12.4 Å². The van der Waals surface area contributed by atoms with E-state index < -0.39 is 5.97 Å². The van der Waals surface area contributed by atoms with E-state index in [-0.39, 0.29) is 5.91 Å². The number of fused-ring (bicyclic) bond motifs is 1. The van der Waals surface area contributed by atoms with E-state index in [1.807, 2.05) is 31.4 Å². The Balaban J connectivity index is 1.75. The number of aromatic nitrogens is 3. The second-order valence-electron chi connectivity index (χ2n) is 6.83. The summed E-state index contributed by atoms with van der Waals surface area (Å²) in [5.41, 5.74) is 6.37. The lowest BCUT2D eigenvalue weighted by Gasteiger charge is -2.13. The predicted molar refractivity (Wildman–Crippen MR) is 107 cm³/mol. The van der Waals surface area contributed by atoms with Crippen LogP contribution in [-0.2, 0) is 16.0 Å². The molecule has 0 spiro atoms. The van der Waals surface area contributed by atoms with Gasteiger partial charge in [0.15, 0.2) is 5.65 Å². The van der Waals surface area contributed by atoms with Gasteiger partial charge in [0.1, 0.15) is 0 Å². The molecular weight excluding hydrogens is 356 g/mol. The molecule has 1 amide bonds. The quantitative estimate of drug-likeness (QED) is 0.686. The monoisotopic (exact) mass is 380 g/mol. The van der Waals surface area contributed by atoms with Crippen LogP contribution in [0.4, 0.5) is 5.69 Å². The van der Waals surface area contributed by atoms with Gasteiger partial charge in [0.05, 0.1) is 18.4 Å². The number of rotatable bonds is 5. The molecule has 1 N–H and O–H groups in total. The Morgan fingerprint density at radius 3 is 2.64 bits per heavy atom. The molecule has 0 radical (unpaired) electrons. The second-order valence-corrected chi connectivity index (χ2v) is 6.83. The summed E-state index contributed by atoms with van der Waals surface area (Å²) in [6, 6.07) is 7.11. The third kappa shape index (κ3) is 3.74. The number of ether oxygens (including phenoxy) is 1. The van der Waals surface area contributed by atoms with Crippen LogP contribution < -0.4 is 5.32 Å². The molecule has 3 aromatic rings. The number of nitrogens with one attached hydrogen (secondary N) is 1. The molecule has 0 fully saturated rings. The van der Waals surface area contributed by atoms with Crippen molar-refractivity contribution in [3.05, 3.63) is 58.0 Å². The van der Waals surface area contributed by atoms with Gasteiger partial charge in [-0.05, 0) is 57.4 Å². The fraction of sp³-hybridized carbons (Fsp3) is 0.333. The highest BCUT2D eigenvalue weighted by Gasteiger charge is 2.15. The first-order chi connectivity index (χ1) is 13.3. The number of anilines is 1. The smallest absolute Gasteiger partial charge is 0.338 e. The van der Waals surface area contributed by atoms with E-state index in [1.165, 1.54) is 7.11 Å². The molecule has 0 aliphatic heterocycles. The molecule has 0 bridgehead atoms. The number of aryl methyl sites for hydroxylation is 3. The molecule has 146 valence electrons. The van der Waals surface area contributed by atoms with Crippen LogP contribution in [0, 0.1) is 27.7 Å². The van der Waals surface area contributed by atoms with E-state index in [9.17, 15) is 9.59 Å². The molecule has 0 atom stereocenters. The van der Waals surface area contributed by atoms with Crippen LogP contribution in [0.3, 0.4) is 0 Å². The number of amides is 1. The Morgan fingerprint density at radius 1 is 1.18 bits per heavy atom. The van der Waals surface area contributed by atoms with Crippen molar-refractivity contribution in [3.63, 3.8) is 0 Å². The zero-order chi connectivity index (χ0) is 20.4. The minimum atomic E-state index is -0.422. The summed E-state index contributed by atoms with van der Waals surface area (Å²) in [4.78, 5) is 28.9. The fourth-order valence-corrected chi connectivity index (χ4v) is 3.36. The predicted octanol–water partition coefficient (Wildman–Crippen LogP) is 3.32. The van der Waals surface area contributed by atoms with Gasteiger partial charge in [-0.3, -0.25) is 4.79 Å². The Labute approximate surface area is 163 Å². The van der Waals surface area contributed by atoms with Crippen LogP contribution in [0.2, 0.25) is 0 Å². The lowest BCUT2D eigenvalue weighted by atomic mass is 10.0. The van der Waals surface area contributed by atoms with Crippen LogP contribution in [0.25, 0.3) is 5.65 Å². The van der Waals surface area contributed by atoms with Gasteiger partial charge in [0, 0.05) is 29.6 Å². The van der Waals surface area contributed by atoms with E-state index in [1.54, 1.807) is 25.1 Å². The normalized spacial score (nSPS) is 10.9. The van der Waals surface area contributed by atoms with E-state index in [0.29, 0.717) is 29.7 Å². The van der Waals surface area contributed by atoms with Crippen LogP contribution in [0.15, 0.2) is 24.3 Å². The molecule has 3 rings (SSSR count). The minimum Gasteiger partial charge on any atom is -0.465 e. The maximum Gasteiger partial charge on any atom is 0.338 e. The standard InChI is InChI=1S/C21H24N4O3/c1-12-11-19-22-14(3)17(15(4)25(19)24-12)9-10-20(26)23-18-8-6-7-16(13(18)2)21(27)28-5/h6-8,11H,9-10H2,1-5H3,(H,23,26). The Bertz CT molecular complexity index is 1070. The van der Waals surface area contributed by atoms with Crippen molar-refractivity contribution in [3.8, 4) is 0 Å². The van der Waals surface area contributed by atoms with Crippen LogP contribution >= 0.6 is 0 Å². The summed E-state index contributed by atoms with van der Waals surface area (Å²) < 4.78 is 6.60. The van der Waals surface area contributed by atoms with Gasteiger partial charge >= 0.3 is 5.97 Å². The molecule has 0 saturated carbocycles. The molecule has 2 aromatic heterocycles. The summed E-state index contributed by atoms with van der Waals surface area (Å²) in [7, 11) is 1.34. The maximum absolute atomic E-state index is 12.5. The second kappa shape index (κ2) is 7.80. The van der Waals surface area contributed by atoms with E-state index in [4.69, 9.17) is 4.74 Å². The number of nitrogens with zero attached hydrogens (tertiary/aromatic N) is 3. The van der Waals surface area contributed by atoms with Crippen LogP contribution in [0.5, 0.6) is 0 Å². The molecule has 7 nitrogen and oxygen atoms in total. The van der Waals surface area contributed by atoms with Gasteiger partial charge < -0.3 is 10.1 Å². The first kappa shape index (κ1) is 19.5. The van der Waals surface area contributed by atoms with Crippen molar-refractivity contribution < 1.29 is 14.3 Å². The molecule has 0 aliphatic carbocycles. The topological polar surface area (TPSA) is 85.6 Å². The van der Waals surface area contributed by atoms with Gasteiger partial charge in [0.25, 0.3) is 0 Å². The van der Waals surface area contributed by atoms with Crippen molar-refractivity contribution in [2.24, 2.45) is 0 Å². The number of hydrogen-bond donors (Lipinski definition) is 1. The van der Waals surface area contributed by atoms with Crippen LogP contribution in [-0.4, -0.2) is 33.6 Å². The van der Waals surface area contributed by atoms with Crippen molar-refractivity contribution in [1.82, 2.24) is 14.6 Å². The highest BCUT2D eigenvalue weighted by atomic mass is 16.5. The van der Waals surface area contributed by atoms with Gasteiger partial charge in [0.2, 0.25) is 5.91 Å². The van der Waals surface area contributed by atoms with Crippen molar-refractivity contribution in [1.29, 1.82) is 0 Å². The Morgan fingerprint density at radius 2 is 1.93 bits per heavy atom. The number of hydrogen-bond acceptors (Lipinski definition) is 5. The summed E-state index contributed by atoms with van der Waals surface area (Å²) in [6.45, 7) is 7.66. The number of carbonyl (C=O) groups excluding carboxylic acids is 2. The largest absolute Gasteiger partial charge is 0.465 e. The third-order valence-corrected chi connectivity index (χ3v) is 4.90. The summed E-state index contributed by atoms with van der Waals surface area (Å²) in [5, 5.41) is 7.36. The van der Waals surface area contributed by atoms with Gasteiger partial charge in [-0.1, -0.05) is 6.07 Å². The third-order valence-electron chi connectivity index (χ3n) is 4.90. The number of carbonyl (C=O) groups is 2. The molecule has 28 heavy (non-hydrogen) atoms. The average Bonchev–Trinajstić information content (AvgIpc) is 3.03. The minimum absolute atomic E-state index is 0.124. The number of methoxy groups -OCH3 is 1. The highest BCUT2D eigenvalue weighted by Crippen LogP contribution is 2.21. The molecule has 0 aliphatic rings. The van der Waals surface area contributed by atoms with Crippen LogP contribution in [0.1, 0.15) is 45.0 Å². The van der Waals surface area contributed by atoms with Crippen molar-refractivity contribution >= 4 is 23.2 Å². The molecule has 2 heterocycles. The first-order valence-electron chi connectivity index (χ1n) is 9.12. The number of benzene rings is 1. The molecule has 0 saturated heterocycles. The SMILES string of the molecule is COC(=O)c1cccc(NC(=O)CCc2c(C)nc3cc(C)nn3c2C)c1C. The Hall–Kier alpha value is -3.22. The molecule has 0 unspecified atom stereocenters. The van der Waals surface area contributed by atoms with E-state index >= 15 is 0 Å².